The molecule has 0 spiro atoms. The zero-order valence-corrected chi connectivity index (χ0v) is 11.6. The molecule has 2 N–H and O–H groups in total. The molecular weight excluding hydrogens is 261 g/mol. The molecule has 1 unspecified atom stereocenters. The number of aromatic nitrogens is 2. The molecule has 0 aliphatic rings. The van der Waals surface area contributed by atoms with Gasteiger partial charge in [0.1, 0.15) is 11.6 Å². The van der Waals surface area contributed by atoms with Crippen LogP contribution in [-0.2, 0) is 13.0 Å². The summed E-state index contributed by atoms with van der Waals surface area (Å²) in [6.45, 7) is 3.88. The average Bonchev–Trinajstić information content (AvgIpc) is 2.84. The summed E-state index contributed by atoms with van der Waals surface area (Å²) in [5.74, 6) is 1.06. The molecule has 1 aromatic heterocycles. The summed E-state index contributed by atoms with van der Waals surface area (Å²) < 4.78 is 24.2. The third-order valence-corrected chi connectivity index (χ3v) is 2.81. The van der Waals surface area contributed by atoms with Gasteiger partial charge in [-0.15, -0.1) is 0 Å². The second-order valence-corrected chi connectivity index (χ2v) is 4.62. The predicted octanol–water partition coefficient (Wildman–Crippen LogP) is 2.76. The topological polar surface area (TPSA) is 74.2 Å². The molecule has 0 aliphatic carbocycles. The van der Waals surface area contributed by atoms with E-state index in [0.29, 0.717) is 23.0 Å². The lowest BCUT2D eigenvalue weighted by Gasteiger charge is -2.09. The van der Waals surface area contributed by atoms with Crippen molar-refractivity contribution in [2.75, 3.05) is 0 Å². The number of rotatable bonds is 6. The minimum atomic E-state index is -0.380. The van der Waals surface area contributed by atoms with Crippen molar-refractivity contribution in [3.63, 3.8) is 0 Å². The van der Waals surface area contributed by atoms with E-state index in [9.17, 15) is 4.39 Å². The van der Waals surface area contributed by atoms with E-state index in [0.717, 1.165) is 12.8 Å². The highest BCUT2D eigenvalue weighted by Crippen LogP contribution is 2.21. The first-order chi connectivity index (χ1) is 9.60. The maximum absolute atomic E-state index is 13.7. The second kappa shape index (κ2) is 6.47. The Balaban J connectivity index is 1.98. The Kier molecular flexibility index (Phi) is 4.68. The number of aryl methyl sites for hydroxylation is 1. The highest BCUT2D eigenvalue weighted by molar-refractivity contribution is 5.30. The van der Waals surface area contributed by atoms with Crippen LogP contribution in [-0.4, -0.2) is 10.1 Å². The Labute approximate surface area is 116 Å². The lowest BCUT2D eigenvalue weighted by atomic mass is 10.1. The normalized spacial score (nSPS) is 12.4. The Morgan fingerprint density at radius 1 is 1.45 bits per heavy atom. The van der Waals surface area contributed by atoms with Crippen LogP contribution in [0.1, 0.15) is 43.6 Å². The monoisotopic (exact) mass is 279 g/mol. The quantitative estimate of drug-likeness (QED) is 0.880. The molecule has 108 valence electrons. The number of benzene rings is 1. The maximum Gasteiger partial charge on any atom is 0.264 e. The van der Waals surface area contributed by atoms with E-state index in [4.69, 9.17) is 15.0 Å². The average molecular weight is 279 g/mol. The van der Waals surface area contributed by atoms with Crippen LogP contribution in [0.3, 0.4) is 0 Å². The summed E-state index contributed by atoms with van der Waals surface area (Å²) in [6, 6.07) is 4.25. The maximum atomic E-state index is 13.7. The lowest BCUT2D eigenvalue weighted by molar-refractivity contribution is 0.241. The van der Waals surface area contributed by atoms with Crippen molar-refractivity contribution in [1.82, 2.24) is 10.1 Å². The summed E-state index contributed by atoms with van der Waals surface area (Å²) in [6.07, 6.45) is 1.71. The van der Waals surface area contributed by atoms with E-state index in [1.165, 1.54) is 6.07 Å². The Bertz CT molecular complexity index is 569. The highest BCUT2D eigenvalue weighted by Gasteiger charge is 2.10. The van der Waals surface area contributed by atoms with Gasteiger partial charge in [-0.2, -0.15) is 4.98 Å². The summed E-state index contributed by atoms with van der Waals surface area (Å²) in [4.78, 5) is 4.17. The van der Waals surface area contributed by atoms with Gasteiger partial charge in [0.2, 0.25) is 0 Å². The van der Waals surface area contributed by atoms with E-state index in [1.807, 2.05) is 6.92 Å². The number of nitrogens with zero attached hydrogens (tertiary/aromatic N) is 2. The van der Waals surface area contributed by atoms with Gasteiger partial charge in [0, 0.05) is 24.1 Å². The van der Waals surface area contributed by atoms with Gasteiger partial charge >= 0.3 is 0 Å². The van der Waals surface area contributed by atoms with Gasteiger partial charge in [0.25, 0.3) is 5.89 Å². The molecule has 1 heterocycles. The molecular formula is C14H18FN3O2. The Morgan fingerprint density at radius 2 is 2.25 bits per heavy atom. The van der Waals surface area contributed by atoms with E-state index >= 15 is 0 Å². The summed E-state index contributed by atoms with van der Waals surface area (Å²) >= 11 is 0. The molecule has 0 aliphatic heterocycles. The van der Waals surface area contributed by atoms with Gasteiger partial charge in [-0.3, -0.25) is 0 Å². The van der Waals surface area contributed by atoms with Gasteiger partial charge in [-0.25, -0.2) is 4.39 Å². The molecule has 0 bridgehead atoms. The van der Waals surface area contributed by atoms with Crippen LogP contribution in [0.4, 0.5) is 4.39 Å². The highest BCUT2D eigenvalue weighted by atomic mass is 19.1. The molecule has 0 radical (unpaired) electrons. The first-order valence-corrected chi connectivity index (χ1v) is 6.59. The third kappa shape index (κ3) is 3.54. The summed E-state index contributed by atoms with van der Waals surface area (Å²) in [5.41, 5.74) is 6.11. The molecule has 2 aromatic rings. The minimum absolute atomic E-state index is 0.119. The van der Waals surface area contributed by atoms with E-state index in [1.54, 1.807) is 19.1 Å². The van der Waals surface area contributed by atoms with Gasteiger partial charge < -0.3 is 15.0 Å². The van der Waals surface area contributed by atoms with E-state index in [2.05, 4.69) is 10.1 Å². The summed E-state index contributed by atoms with van der Waals surface area (Å²) in [5, 5.41) is 3.82. The minimum Gasteiger partial charge on any atom is -0.484 e. The van der Waals surface area contributed by atoms with Crippen molar-refractivity contribution in [2.24, 2.45) is 5.73 Å². The van der Waals surface area contributed by atoms with E-state index < -0.39 is 0 Å². The van der Waals surface area contributed by atoms with Crippen molar-refractivity contribution >= 4 is 0 Å². The van der Waals surface area contributed by atoms with Crippen molar-refractivity contribution in [3.05, 3.63) is 41.3 Å². The second-order valence-electron chi connectivity index (χ2n) is 4.62. The zero-order chi connectivity index (χ0) is 14.5. The third-order valence-electron chi connectivity index (χ3n) is 2.81. The van der Waals surface area contributed by atoms with Crippen LogP contribution in [0.2, 0.25) is 0 Å². The SMILES string of the molecule is CCCc1noc(COc2ccc(C(C)N)c(F)c2)n1. The fourth-order valence-electron chi connectivity index (χ4n) is 1.79. The van der Waals surface area contributed by atoms with Crippen molar-refractivity contribution in [3.8, 4) is 5.75 Å². The molecule has 0 saturated carbocycles. The molecule has 0 amide bonds. The fraction of sp³-hybridized carbons (Fsp3) is 0.429. The van der Waals surface area contributed by atoms with Crippen LogP contribution >= 0.6 is 0 Å². The number of nitrogens with two attached hydrogens (primary N) is 1. The van der Waals surface area contributed by atoms with Crippen LogP contribution in [0.5, 0.6) is 5.75 Å². The Hall–Kier alpha value is -1.95. The predicted molar refractivity (Wildman–Crippen MR) is 71.6 cm³/mol. The van der Waals surface area contributed by atoms with E-state index in [-0.39, 0.29) is 18.5 Å². The van der Waals surface area contributed by atoms with Crippen LogP contribution in [0.25, 0.3) is 0 Å². The van der Waals surface area contributed by atoms with Crippen LogP contribution in [0, 0.1) is 5.82 Å². The van der Waals surface area contributed by atoms with Gasteiger partial charge in [0.05, 0.1) is 0 Å². The number of hydrogen-bond acceptors (Lipinski definition) is 5. The van der Waals surface area contributed by atoms with Gasteiger partial charge in [0.15, 0.2) is 12.4 Å². The van der Waals surface area contributed by atoms with Gasteiger partial charge in [-0.05, 0) is 19.4 Å². The first kappa shape index (κ1) is 14.5. The molecule has 1 atom stereocenters. The number of halogens is 1. The molecule has 20 heavy (non-hydrogen) atoms. The zero-order valence-electron chi connectivity index (χ0n) is 11.6. The van der Waals surface area contributed by atoms with Crippen molar-refractivity contribution in [2.45, 2.75) is 39.3 Å². The largest absolute Gasteiger partial charge is 0.484 e. The van der Waals surface area contributed by atoms with Crippen LogP contribution in [0.15, 0.2) is 22.7 Å². The van der Waals surface area contributed by atoms with Gasteiger partial charge in [-0.1, -0.05) is 18.1 Å². The standard InChI is InChI=1S/C14H18FN3O2/c1-3-4-13-17-14(20-18-13)8-19-10-5-6-11(9(2)16)12(15)7-10/h5-7,9H,3-4,8,16H2,1-2H3. The molecule has 0 saturated heterocycles. The number of ether oxygens (including phenoxy) is 1. The molecule has 6 heteroatoms. The van der Waals surface area contributed by atoms with Crippen LogP contribution < -0.4 is 10.5 Å². The summed E-state index contributed by atoms with van der Waals surface area (Å²) in [7, 11) is 0. The molecule has 2 rings (SSSR count). The molecule has 5 nitrogen and oxygen atoms in total. The van der Waals surface area contributed by atoms with Crippen molar-refractivity contribution in [1.29, 1.82) is 0 Å². The first-order valence-electron chi connectivity index (χ1n) is 6.59. The Morgan fingerprint density at radius 3 is 2.90 bits per heavy atom. The lowest BCUT2D eigenvalue weighted by Crippen LogP contribution is -2.07. The fourth-order valence-corrected chi connectivity index (χ4v) is 1.79. The van der Waals surface area contributed by atoms with Crippen molar-refractivity contribution < 1.29 is 13.7 Å². The smallest absolute Gasteiger partial charge is 0.264 e. The number of hydrogen-bond donors (Lipinski definition) is 1. The molecule has 0 fully saturated rings. The molecule has 1 aromatic carbocycles.